The summed E-state index contributed by atoms with van der Waals surface area (Å²) in [4.78, 5) is 13.2. The fourth-order valence-corrected chi connectivity index (χ4v) is 11.7. The van der Waals surface area contributed by atoms with E-state index in [0.717, 1.165) is 34.1 Å². The molecular formula is C30H45ClN6Si. The lowest BCUT2D eigenvalue weighted by molar-refractivity contribution is 1.10. The zero-order chi connectivity index (χ0) is 28.5. The molecule has 0 saturated heterocycles. The van der Waals surface area contributed by atoms with Crippen molar-refractivity contribution in [1.82, 2.24) is 0 Å². The molecule has 0 atom stereocenters. The van der Waals surface area contributed by atoms with Gasteiger partial charge in [-0.15, -0.1) is 11.1 Å². The first-order valence-electron chi connectivity index (χ1n) is 12.9. The van der Waals surface area contributed by atoms with E-state index >= 15 is 0 Å². The lowest BCUT2D eigenvalue weighted by atomic mass is 10.2. The smallest absolute Gasteiger partial charge is 0.260 e. The Balaban J connectivity index is 2.79. The Bertz CT molecular complexity index is 1040. The van der Waals surface area contributed by atoms with Gasteiger partial charge in [-0.1, -0.05) is 18.2 Å². The summed E-state index contributed by atoms with van der Waals surface area (Å²) in [6.45, 7) is 0. The molecule has 0 N–H and O–H groups in total. The largest absolute Gasteiger partial charge is 0.378 e. The summed E-state index contributed by atoms with van der Waals surface area (Å²) in [5.74, 6) is 0. The van der Waals surface area contributed by atoms with Crippen molar-refractivity contribution in [3.05, 3.63) is 54.6 Å². The van der Waals surface area contributed by atoms with Crippen LogP contribution < -0.4 is 45.0 Å². The zero-order valence-electron chi connectivity index (χ0n) is 25.3. The molecule has 3 rings (SSSR count). The molecule has 0 fully saturated rings. The first-order chi connectivity index (χ1) is 17.7. The highest BCUT2D eigenvalue weighted by molar-refractivity contribution is 7.42. The van der Waals surface area contributed by atoms with Crippen LogP contribution in [0.1, 0.15) is 0 Å². The monoisotopic (exact) mass is 552 g/mol. The molecule has 0 saturated carbocycles. The van der Waals surface area contributed by atoms with E-state index in [-0.39, 0.29) is 0 Å². The third-order valence-electron chi connectivity index (χ3n) is 6.99. The first kappa shape index (κ1) is 29.5. The fraction of sp³-hybridized carbons (Fsp3) is 0.400. The van der Waals surface area contributed by atoms with Gasteiger partial charge in [0.2, 0.25) is 0 Å². The van der Waals surface area contributed by atoms with Crippen molar-refractivity contribution in [2.75, 3.05) is 114 Å². The molecule has 38 heavy (non-hydrogen) atoms. The Labute approximate surface area is 236 Å². The van der Waals surface area contributed by atoms with Crippen LogP contribution in [0.15, 0.2) is 54.6 Å². The second-order valence-corrected chi connectivity index (χ2v) is 15.6. The lowest BCUT2D eigenvalue weighted by Gasteiger charge is -2.41. The molecule has 0 spiro atoms. The van der Waals surface area contributed by atoms with Crippen LogP contribution in [0.4, 0.5) is 34.1 Å². The van der Waals surface area contributed by atoms with Crippen molar-refractivity contribution in [1.29, 1.82) is 0 Å². The minimum absolute atomic E-state index is 1.13. The van der Waals surface area contributed by atoms with E-state index in [2.05, 4.69) is 169 Å². The molecule has 8 heteroatoms. The van der Waals surface area contributed by atoms with E-state index in [9.17, 15) is 0 Å². The third kappa shape index (κ3) is 5.14. The van der Waals surface area contributed by atoms with E-state index in [1.54, 1.807) is 0 Å². The SMILES string of the molecule is CN(C)c1cccc(N(C)C)c1[Si](Cl)(c1c(N(C)C)cccc1N(C)C)c1c(N(C)C)cccc1N(C)C. The average Bonchev–Trinajstić information content (AvgIpc) is 2.86. The minimum Gasteiger partial charge on any atom is -0.378 e. The molecule has 6 nitrogen and oxygen atoms in total. The summed E-state index contributed by atoms with van der Waals surface area (Å²) in [5, 5.41) is 3.56. The second-order valence-electron chi connectivity index (χ2n) is 11.0. The number of nitrogens with zero attached hydrogens (tertiary/aromatic N) is 6. The van der Waals surface area contributed by atoms with Crippen molar-refractivity contribution >= 4 is 68.1 Å². The van der Waals surface area contributed by atoms with Gasteiger partial charge < -0.3 is 29.4 Å². The standard InChI is InChI=1S/C30H45ClN6Si/c1-32(2)22-16-13-17-23(33(3)4)28(22)38(31,29-24(34(5)6)18-14-19-25(29)35(7)8)30-26(36(9)10)20-15-21-27(30)37(11)12/h13-21H,1-12H3. The molecule has 0 radical (unpaired) electrons. The molecule has 0 aliphatic rings. The van der Waals surface area contributed by atoms with E-state index < -0.39 is 7.38 Å². The summed E-state index contributed by atoms with van der Waals surface area (Å²) in [7, 11) is 22.0. The molecule has 3 aromatic carbocycles. The second kappa shape index (κ2) is 11.4. The zero-order valence-corrected chi connectivity index (χ0v) is 27.0. The summed E-state index contributed by atoms with van der Waals surface area (Å²) >= 11 is 8.59. The molecule has 3 aromatic rings. The fourth-order valence-electron chi connectivity index (χ4n) is 5.25. The summed E-state index contributed by atoms with van der Waals surface area (Å²) in [6, 6.07) is 19.6. The molecule has 0 bridgehead atoms. The van der Waals surface area contributed by atoms with Crippen LogP contribution in [0.5, 0.6) is 0 Å². The molecule has 0 aliphatic heterocycles. The van der Waals surface area contributed by atoms with Crippen molar-refractivity contribution in [3.8, 4) is 0 Å². The van der Waals surface area contributed by atoms with Crippen LogP contribution in [0.2, 0.25) is 0 Å². The van der Waals surface area contributed by atoms with Crippen LogP contribution in [0.3, 0.4) is 0 Å². The molecular weight excluding hydrogens is 508 g/mol. The van der Waals surface area contributed by atoms with Crippen molar-refractivity contribution < 1.29 is 0 Å². The van der Waals surface area contributed by atoms with E-state index in [0.29, 0.717) is 0 Å². The Morgan fingerprint density at radius 1 is 0.368 bits per heavy atom. The molecule has 0 aliphatic carbocycles. The van der Waals surface area contributed by atoms with Gasteiger partial charge in [-0.25, -0.2) is 0 Å². The number of benzene rings is 3. The summed E-state index contributed by atoms with van der Waals surface area (Å²) in [6.07, 6.45) is 0. The Hall–Kier alpha value is -3.03. The lowest BCUT2D eigenvalue weighted by Crippen LogP contribution is -2.67. The molecule has 206 valence electrons. The highest BCUT2D eigenvalue weighted by Gasteiger charge is 2.49. The van der Waals surface area contributed by atoms with Gasteiger partial charge in [0.1, 0.15) is 0 Å². The van der Waals surface area contributed by atoms with E-state index in [1.807, 2.05) is 0 Å². The van der Waals surface area contributed by atoms with Gasteiger partial charge >= 0.3 is 0 Å². The number of hydrogen-bond acceptors (Lipinski definition) is 6. The normalized spacial score (nSPS) is 11.3. The minimum atomic E-state index is -3.30. The van der Waals surface area contributed by atoms with E-state index in [4.69, 9.17) is 11.1 Å². The molecule has 0 aromatic heterocycles. The third-order valence-corrected chi connectivity index (χ3v) is 12.3. The van der Waals surface area contributed by atoms with E-state index in [1.165, 1.54) is 15.6 Å². The Kier molecular flexibility index (Phi) is 8.84. The highest BCUT2D eigenvalue weighted by Crippen LogP contribution is 2.35. The number of rotatable bonds is 9. The number of halogens is 1. The summed E-state index contributed by atoms with van der Waals surface area (Å²) < 4.78 is 0. The number of hydrogen-bond donors (Lipinski definition) is 0. The van der Waals surface area contributed by atoms with Gasteiger partial charge in [0.05, 0.1) is 0 Å². The predicted molar refractivity (Wildman–Crippen MR) is 176 cm³/mol. The van der Waals surface area contributed by atoms with Crippen LogP contribution in [0, 0.1) is 0 Å². The summed E-state index contributed by atoms with van der Waals surface area (Å²) in [5.41, 5.74) is 6.80. The first-order valence-corrected chi connectivity index (χ1v) is 15.9. The number of anilines is 6. The van der Waals surface area contributed by atoms with Crippen LogP contribution in [-0.2, 0) is 0 Å². The average molecular weight is 553 g/mol. The molecule has 0 heterocycles. The maximum atomic E-state index is 8.59. The van der Waals surface area contributed by atoms with Gasteiger partial charge in [0, 0.05) is 134 Å². The van der Waals surface area contributed by atoms with Crippen LogP contribution >= 0.6 is 11.1 Å². The predicted octanol–water partition coefficient (Wildman–Crippen LogP) is 3.29. The van der Waals surface area contributed by atoms with Gasteiger partial charge in [-0.05, 0) is 36.4 Å². The quantitative estimate of drug-likeness (QED) is 0.229. The van der Waals surface area contributed by atoms with Gasteiger partial charge in [0.15, 0.2) is 0 Å². The van der Waals surface area contributed by atoms with Gasteiger partial charge in [0.25, 0.3) is 7.38 Å². The van der Waals surface area contributed by atoms with Gasteiger partial charge in [-0.2, -0.15) is 0 Å². The molecule has 0 unspecified atom stereocenters. The maximum absolute atomic E-state index is 8.59. The molecule has 0 amide bonds. The van der Waals surface area contributed by atoms with Crippen molar-refractivity contribution in [2.45, 2.75) is 0 Å². The van der Waals surface area contributed by atoms with Crippen molar-refractivity contribution in [3.63, 3.8) is 0 Å². The van der Waals surface area contributed by atoms with Crippen LogP contribution in [-0.4, -0.2) is 92.0 Å². The van der Waals surface area contributed by atoms with Crippen LogP contribution in [0.25, 0.3) is 0 Å². The topological polar surface area (TPSA) is 19.4 Å². The Morgan fingerprint density at radius 2 is 0.526 bits per heavy atom. The van der Waals surface area contributed by atoms with Gasteiger partial charge in [-0.3, -0.25) is 0 Å². The highest BCUT2D eigenvalue weighted by atomic mass is 35.6. The van der Waals surface area contributed by atoms with Crippen molar-refractivity contribution in [2.24, 2.45) is 0 Å². The maximum Gasteiger partial charge on any atom is 0.260 e. The Morgan fingerprint density at radius 3 is 0.658 bits per heavy atom.